The fourth-order valence-electron chi connectivity index (χ4n) is 2.64. The van der Waals surface area contributed by atoms with Crippen LogP contribution in [0.4, 0.5) is 5.95 Å². The molecule has 1 aromatic rings. The van der Waals surface area contributed by atoms with Crippen molar-refractivity contribution in [2.24, 2.45) is 11.7 Å². The van der Waals surface area contributed by atoms with E-state index in [2.05, 4.69) is 36.4 Å². The molecule has 1 saturated heterocycles. The van der Waals surface area contributed by atoms with Gasteiger partial charge in [0.15, 0.2) is 0 Å². The summed E-state index contributed by atoms with van der Waals surface area (Å²) < 4.78 is 7.50. The Bertz CT molecular complexity index is 408. The number of ether oxygens (including phenoxy) is 1. The van der Waals surface area contributed by atoms with Gasteiger partial charge in [-0.1, -0.05) is 13.8 Å². The minimum absolute atomic E-state index is 0.243. The SMILES string of the molecule is CCc1cn(C(C)COC)c(N2CC(C)C(N)C2)n1. The molecule has 2 heterocycles. The third kappa shape index (κ3) is 2.92. The first-order chi connectivity index (χ1) is 9.06. The zero-order valence-corrected chi connectivity index (χ0v) is 12.5. The first kappa shape index (κ1) is 14.3. The van der Waals surface area contributed by atoms with Crippen molar-refractivity contribution in [1.82, 2.24) is 9.55 Å². The summed E-state index contributed by atoms with van der Waals surface area (Å²) in [7, 11) is 1.74. The number of nitrogens with zero attached hydrogens (tertiary/aromatic N) is 3. The van der Waals surface area contributed by atoms with Gasteiger partial charge in [0.1, 0.15) is 0 Å². The number of nitrogens with two attached hydrogens (primary N) is 1. The van der Waals surface area contributed by atoms with Gasteiger partial charge in [-0.15, -0.1) is 0 Å². The van der Waals surface area contributed by atoms with Gasteiger partial charge >= 0.3 is 0 Å². The molecule has 108 valence electrons. The molecular formula is C14H26N4O. The van der Waals surface area contributed by atoms with Crippen LogP contribution in [-0.2, 0) is 11.2 Å². The average Bonchev–Trinajstić information content (AvgIpc) is 2.94. The summed E-state index contributed by atoms with van der Waals surface area (Å²) in [6, 6.07) is 0.535. The van der Waals surface area contributed by atoms with Crippen molar-refractivity contribution >= 4 is 5.95 Å². The minimum Gasteiger partial charge on any atom is -0.383 e. The van der Waals surface area contributed by atoms with Gasteiger partial charge < -0.3 is 19.9 Å². The van der Waals surface area contributed by atoms with Gasteiger partial charge in [-0.25, -0.2) is 4.98 Å². The molecule has 19 heavy (non-hydrogen) atoms. The lowest BCUT2D eigenvalue weighted by atomic mass is 10.1. The van der Waals surface area contributed by atoms with E-state index < -0.39 is 0 Å². The van der Waals surface area contributed by atoms with Crippen LogP contribution in [0.2, 0.25) is 0 Å². The first-order valence-corrected chi connectivity index (χ1v) is 7.14. The lowest BCUT2D eigenvalue weighted by Crippen LogP contribution is -2.30. The summed E-state index contributed by atoms with van der Waals surface area (Å²) in [5.74, 6) is 1.56. The van der Waals surface area contributed by atoms with Crippen LogP contribution in [0.5, 0.6) is 0 Å². The third-order valence-corrected chi connectivity index (χ3v) is 3.96. The zero-order valence-electron chi connectivity index (χ0n) is 12.5. The van der Waals surface area contributed by atoms with Gasteiger partial charge in [0.05, 0.1) is 18.3 Å². The monoisotopic (exact) mass is 266 g/mol. The van der Waals surface area contributed by atoms with Crippen LogP contribution < -0.4 is 10.6 Å². The average molecular weight is 266 g/mol. The molecule has 0 amide bonds. The van der Waals surface area contributed by atoms with Crippen LogP contribution in [0.3, 0.4) is 0 Å². The highest BCUT2D eigenvalue weighted by atomic mass is 16.5. The van der Waals surface area contributed by atoms with Gasteiger partial charge in [0.2, 0.25) is 5.95 Å². The maximum atomic E-state index is 6.13. The predicted molar refractivity (Wildman–Crippen MR) is 77.5 cm³/mol. The summed E-state index contributed by atoms with van der Waals surface area (Å²) in [6.07, 6.45) is 3.10. The van der Waals surface area contributed by atoms with Crippen molar-refractivity contribution < 1.29 is 4.74 Å². The predicted octanol–water partition coefficient (Wildman–Crippen LogP) is 1.44. The lowest BCUT2D eigenvalue weighted by molar-refractivity contribution is 0.162. The van der Waals surface area contributed by atoms with Crippen LogP contribution in [0.15, 0.2) is 6.20 Å². The van der Waals surface area contributed by atoms with Gasteiger partial charge in [-0.05, 0) is 19.3 Å². The van der Waals surface area contributed by atoms with Crippen LogP contribution in [0.1, 0.15) is 32.5 Å². The lowest BCUT2D eigenvalue weighted by Gasteiger charge is -2.22. The number of anilines is 1. The molecule has 0 aliphatic carbocycles. The van der Waals surface area contributed by atoms with Gasteiger partial charge in [0.25, 0.3) is 0 Å². The Morgan fingerprint density at radius 2 is 2.26 bits per heavy atom. The Kier molecular flexibility index (Phi) is 4.47. The van der Waals surface area contributed by atoms with Gasteiger partial charge in [-0.3, -0.25) is 0 Å². The second-order valence-electron chi connectivity index (χ2n) is 5.64. The summed E-state index contributed by atoms with van der Waals surface area (Å²) in [5.41, 5.74) is 7.26. The van der Waals surface area contributed by atoms with Crippen molar-refractivity contribution in [3.8, 4) is 0 Å². The topological polar surface area (TPSA) is 56.3 Å². The molecule has 5 nitrogen and oxygen atoms in total. The van der Waals surface area contributed by atoms with E-state index in [1.165, 1.54) is 0 Å². The van der Waals surface area contributed by atoms with Gasteiger partial charge in [0, 0.05) is 32.4 Å². The number of aromatic nitrogens is 2. The molecule has 3 atom stereocenters. The van der Waals surface area contributed by atoms with E-state index in [9.17, 15) is 0 Å². The Labute approximate surface area is 115 Å². The molecule has 0 spiro atoms. The molecule has 1 aliphatic heterocycles. The minimum atomic E-state index is 0.243. The fraction of sp³-hybridized carbons (Fsp3) is 0.786. The summed E-state index contributed by atoms with van der Waals surface area (Å²) >= 11 is 0. The highest BCUT2D eigenvalue weighted by molar-refractivity contribution is 5.37. The van der Waals surface area contributed by atoms with E-state index in [0.717, 1.165) is 31.2 Å². The zero-order chi connectivity index (χ0) is 14.0. The van der Waals surface area contributed by atoms with Crippen LogP contribution in [0, 0.1) is 5.92 Å². The van der Waals surface area contributed by atoms with Crippen molar-refractivity contribution in [1.29, 1.82) is 0 Å². The molecule has 0 radical (unpaired) electrons. The molecule has 0 saturated carbocycles. The number of methoxy groups -OCH3 is 1. The second-order valence-corrected chi connectivity index (χ2v) is 5.64. The molecule has 2 rings (SSSR count). The molecule has 1 aliphatic rings. The number of aryl methyl sites for hydroxylation is 1. The van der Waals surface area contributed by atoms with Crippen molar-refractivity contribution in [3.05, 3.63) is 11.9 Å². The molecule has 3 unspecified atom stereocenters. The van der Waals surface area contributed by atoms with Crippen molar-refractivity contribution in [2.75, 3.05) is 31.7 Å². The van der Waals surface area contributed by atoms with E-state index in [4.69, 9.17) is 15.5 Å². The van der Waals surface area contributed by atoms with Gasteiger partial charge in [-0.2, -0.15) is 0 Å². The highest BCUT2D eigenvalue weighted by Gasteiger charge is 2.30. The fourth-order valence-corrected chi connectivity index (χ4v) is 2.64. The Morgan fingerprint density at radius 1 is 1.53 bits per heavy atom. The third-order valence-electron chi connectivity index (χ3n) is 3.96. The summed E-state index contributed by atoms with van der Waals surface area (Å²) in [4.78, 5) is 7.07. The molecule has 1 aromatic heterocycles. The number of hydrogen-bond donors (Lipinski definition) is 1. The summed E-state index contributed by atoms with van der Waals surface area (Å²) in [6.45, 7) is 9.07. The van der Waals surface area contributed by atoms with E-state index >= 15 is 0 Å². The molecular weight excluding hydrogens is 240 g/mol. The molecule has 0 aromatic carbocycles. The smallest absolute Gasteiger partial charge is 0.206 e. The van der Waals surface area contributed by atoms with Crippen molar-refractivity contribution in [2.45, 2.75) is 39.3 Å². The maximum Gasteiger partial charge on any atom is 0.206 e. The van der Waals surface area contributed by atoms with E-state index in [1.807, 2.05) is 0 Å². The highest BCUT2D eigenvalue weighted by Crippen LogP contribution is 2.25. The Hall–Kier alpha value is -1.07. The second kappa shape index (κ2) is 5.92. The molecule has 5 heteroatoms. The Balaban J connectivity index is 2.25. The standard InChI is InChI=1S/C14H26N4O/c1-5-12-7-18(11(3)9-19-4)14(16-12)17-6-10(2)13(15)8-17/h7,10-11,13H,5-6,8-9,15H2,1-4H3. The molecule has 0 bridgehead atoms. The first-order valence-electron chi connectivity index (χ1n) is 7.14. The normalized spacial score (nSPS) is 25.0. The molecule has 1 fully saturated rings. The van der Waals surface area contributed by atoms with Crippen LogP contribution in [-0.4, -0.2) is 42.4 Å². The maximum absolute atomic E-state index is 6.13. The van der Waals surface area contributed by atoms with Crippen LogP contribution >= 0.6 is 0 Å². The van der Waals surface area contributed by atoms with Crippen molar-refractivity contribution in [3.63, 3.8) is 0 Å². The number of rotatable bonds is 5. The van der Waals surface area contributed by atoms with E-state index in [0.29, 0.717) is 18.6 Å². The van der Waals surface area contributed by atoms with Crippen LogP contribution in [0.25, 0.3) is 0 Å². The quantitative estimate of drug-likeness (QED) is 0.876. The van der Waals surface area contributed by atoms with E-state index in [1.54, 1.807) is 7.11 Å². The number of imidazole rings is 1. The number of hydrogen-bond acceptors (Lipinski definition) is 4. The molecule has 2 N–H and O–H groups in total. The Morgan fingerprint density at radius 3 is 2.79 bits per heavy atom. The van der Waals surface area contributed by atoms with E-state index in [-0.39, 0.29) is 6.04 Å². The largest absolute Gasteiger partial charge is 0.383 e. The summed E-state index contributed by atoms with van der Waals surface area (Å²) in [5, 5.41) is 0.